The molecule has 1 rings (SSSR count). The molecule has 0 saturated carbocycles. The van der Waals surface area contributed by atoms with Crippen LogP contribution in [0.1, 0.15) is 34.1 Å². The summed E-state index contributed by atoms with van der Waals surface area (Å²) in [6.07, 6.45) is 1.34. The van der Waals surface area contributed by atoms with Gasteiger partial charge in [0.25, 0.3) is 0 Å². The van der Waals surface area contributed by atoms with Crippen molar-refractivity contribution in [2.45, 2.75) is 40.2 Å². The van der Waals surface area contributed by atoms with Gasteiger partial charge < -0.3 is 5.73 Å². The molecule has 1 fully saturated rings. The third kappa shape index (κ3) is 2.71. The van der Waals surface area contributed by atoms with E-state index in [0.29, 0.717) is 12.0 Å². The summed E-state index contributed by atoms with van der Waals surface area (Å²) in [5.74, 6) is 2.40. The van der Waals surface area contributed by atoms with E-state index >= 15 is 0 Å². The third-order valence-electron chi connectivity index (χ3n) is 3.85. The molecule has 2 heteroatoms. The molecule has 0 aromatic carbocycles. The van der Waals surface area contributed by atoms with Gasteiger partial charge in [-0.05, 0) is 30.7 Å². The van der Waals surface area contributed by atoms with Crippen LogP contribution < -0.4 is 5.73 Å². The van der Waals surface area contributed by atoms with Crippen LogP contribution in [-0.2, 0) is 0 Å². The Morgan fingerprint density at radius 1 is 1.29 bits per heavy atom. The van der Waals surface area contributed by atoms with Crippen LogP contribution in [0.2, 0.25) is 0 Å². The number of nitrogens with zero attached hydrogens (tertiary/aromatic N) is 1. The van der Waals surface area contributed by atoms with Crippen LogP contribution in [0.5, 0.6) is 0 Å². The Labute approximate surface area is 88.8 Å². The standard InChI is InChI=1S/C12H26N2/c1-9(2)12(7-13)14-6-5-10(3)11(4)8-14/h9-12H,5-8,13H2,1-4H3. The minimum atomic E-state index is 0.588. The molecule has 0 bridgehead atoms. The topological polar surface area (TPSA) is 29.3 Å². The normalized spacial score (nSPS) is 32.1. The smallest absolute Gasteiger partial charge is 0.0241 e. The van der Waals surface area contributed by atoms with Gasteiger partial charge in [0, 0.05) is 19.1 Å². The number of likely N-dealkylation sites (tertiary alicyclic amines) is 1. The SMILES string of the molecule is CC(C)C(CN)N1CCC(C)C(C)C1. The minimum absolute atomic E-state index is 0.588. The predicted molar refractivity (Wildman–Crippen MR) is 62.2 cm³/mol. The fraction of sp³-hybridized carbons (Fsp3) is 1.00. The monoisotopic (exact) mass is 198 g/mol. The number of piperidine rings is 1. The summed E-state index contributed by atoms with van der Waals surface area (Å²) in [6.45, 7) is 12.6. The Morgan fingerprint density at radius 2 is 1.93 bits per heavy atom. The highest BCUT2D eigenvalue weighted by molar-refractivity contribution is 4.82. The first kappa shape index (κ1) is 12.0. The van der Waals surface area contributed by atoms with Gasteiger partial charge >= 0.3 is 0 Å². The fourth-order valence-corrected chi connectivity index (χ4v) is 2.44. The second-order valence-electron chi connectivity index (χ2n) is 5.29. The first-order valence-corrected chi connectivity index (χ1v) is 6.00. The van der Waals surface area contributed by atoms with Crippen molar-refractivity contribution >= 4 is 0 Å². The van der Waals surface area contributed by atoms with Crippen molar-refractivity contribution in [3.8, 4) is 0 Å². The molecule has 0 aromatic rings. The van der Waals surface area contributed by atoms with Gasteiger partial charge in [-0.3, -0.25) is 4.90 Å². The molecule has 1 aliphatic heterocycles. The van der Waals surface area contributed by atoms with Crippen molar-refractivity contribution in [3.63, 3.8) is 0 Å². The zero-order chi connectivity index (χ0) is 10.7. The highest BCUT2D eigenvalue weighted by Gasteiger charge is 2.28. The first-order valence-electron chi connectivity index (χ1n) is 6.00. The zero-order valence-electron chi connectivity index (χ0n) is 10.2. The molecule has 0 spiro atoms. The van der Waals surface area contributed by atoms with Crippen LogP contribution >= 0.6 is 0 Å². The van der Waals surface area contributed by atoms with Crippen LogP contribution in [-0.4, -0.2) is 30.6 Å². The van der Waals surface area contributed by atoms with Gasteiger partial charge in [0.1, 0.15) is 0 Å². The van der Waals surface area contributed by atoms with Crippen LogP contribution in [0.4, 0.5) is 0 Å². The lowest BCUT2D eigenvalue weighted by molar-refractivity contribution is 0.0775. The lowest BCUT2D eigenvalue weighted by Gasteiger charge is -2.41. The van der Waals surface area contributed by atoms with Crippen molar-refractivity contribution in [1.29, 1.82) is 0 Å². The molecule has 1 aliphatic rings. The van der Waals surface area contributed by atoms with E-state index in [4.69, 9.17) is 5.73 Å². The summed E-state index contributed by atoms with van der Waals surface area (Å²) in [7, 11) is 0. The van der Waals surface area contributed by atoms with Gasteiger partial charge in [-0.2, -0.15) is 0 Å². The van der Waals surface area contributed by atoms with E-state index in [1.54, 1.807) is 0 Å². The fourth-order valence-electron chi connectivity index (χ4n) is 2.44. The maximum absolute atomic E-state index is 5.84. The molecular formula is C12H26N2. The maximum atomic E-state index is 5.84. The van der Waals surface area contributed by atoms with E-state index in [1.807, 2.05) is 0 Å². The summed E-state index contributed by atoms with van der Waals surface area (Å²) < 4.78 is 0. The van der Waals surface area contributed by atoms with Crippen molar-refractivity contribution in [3.05, 3.63) is 0 Å². The number of hydrogen-bond acceptors (Lipinski definition) is 2. The second kappa shape index (κ2) is 5.13. The predicted octanol–water partition coefficient (Wildman–Crippen LogP) is 1.95. The van der Waals surface area contributed by atoms with Gasteiger partial charge in [-0.1, -0.05) is 27.7 Å². The van der Waals surface area contributed by atoms with Gasteiger partial charge in [0.15, 0.2) is 0 Å². The van der Waals surface area contributed by atoms with Crippen molar-refractivity contribution in [2.75, 3.05) is 19.6 Å². The Morgan fingerprint density at radius 3 is 2.36 bits per heavy atom. The number of nitrogens with two attached hydrogens (primary N) is 1. The van der Waals surface area contributed by atoms with Crippen LogP contribution in [0, 0.1) is 17.8 Å². The van der Waals surface area contributed by atoms with Crippen LogP contribution in [0.15, 0.2) is 0 Å². The summed E-state index contributed by atoms with van der Waals surface area (Å²) >= 11 is 0. The van der Waals surface area contributed by atoms with E-state index in [2.05, 4.69) is 32.6 Å². The summed E-state index contributed by atoms with van der Waals surface area (Å²) in [5.41, 5.74) is 5.84. The van der Waals surface area contributed by atoms with E-state index in [0.717, 1.165) is 18.4 Å². The Hall–Kier alpha value is -0.0800. The van der Waals surface area contributed by atoms with Gasteiger partial charge in [0.05, 0.1) is 0 Å². The molecule has 84 valence electrons. The highest BCUT2D eigenvalue weighted by Crippen LogP contribution is 2.25. The average molecular weight is 198 g/mol. The summed E-state index contributed by atoms with van der Waals surface area (Å²) in [5, 5.41) is 0. The molecule has 14 heavy (non-hydrogen) atoms. The quantitative estimate of drug-likeness (QED) is 0.751. The molecule has 3 atom stereocenters. The van der Waals surface area contributed by atoms with Crippen LogP contribution in [0.25, 0.3) is 0 Å². The Balaban J connectivity index is 2.52. The third-order valence-corrected chi connectivity index (χ3v) is 3.85. The molecule has 3 unspecified atom stereocenters. The van der Waals surface area contributed by atoms with E-state index < -0.39 is 0 Å². The zero-order valence-corrected chi connectivity index (χ0v) is 10.2. The van der Waals surface area contributed by atoms with Crippen molar-refractivity contribution in [1.82, 2.24) is 4.90 Å². The second-order valence-corrected chi connectivity index (χ2v) is 5.29. The Kier molecular flexibility index (Phi) is 4.39. The van der Waals surface area contributed by atoms with Crippen molar-refractivity contribution in [2.24, 2.45) is 23.5 Å². The van der Waals surface area contributed by atoms with E-state index in [1.165, 1.54) is 19.5 Å². The Bertz CT molecular complexity index is 168. The number of hydrogen-bond donors (Lipinski definition) is 1. The molecule has 0 amide bonds. The molecule has 1 saturated heterocycles. The average Bonchev–Trinajstić information content (AvgIpc) is 2.11. The van der Waals surface area contributed by atoms with Crippen LogP contribution in [0.3, 0.4) is 0 Å². The van der Waals surface area contributed by atoms with Gasteiger partial charge in [-0.15, -0.1) is 0 Å². The highest BCUT2D eigenvalue weighted by atomic mass is 15.2. The van der Waals surface area contributed by atoms with Crippen molar-refractivity contribution < 1.29 is 0 Å². The lowest BCUT2D eigenvalue weighted by atomic mass is 9.87. The largest absolute Gasteiger partial charge is 0.329 e. The molecular weight excluding hydrogens is 172 g/mol. The molecule has 1 heterocycles. The first-order chi connectivity index (χ1) is 6.56. The van der Waals surface area contributed by atoms with Gasteiger partial charge in [-0.25, -0.2) is 0 Å². The van der Waals surface area contributed by atoms with E-state index in [9.17, 15) is 0 Å². The lowest BCUT2D eigenvalue weighted by Crippen LogP contribution is -2.50. The minimum Gasteiger partial charge on any atom is -0.329 e. The molecule has 2 N–H and O–H groups in total. The van der Waals surface area contributed by atoms with Gasteiger partial charge in [0.2, 0.25) is 0 Å². The van der Waals surface area contributed by atoms with E-state index in [-0.39, 0.29) is 0 Å². The summed E-state index contributed by atoms with van der Waals surface area (Å²) in [4.78, 5) is 2.59. The molecule has 0 aromatic heterocycles. The maximum Gasteiger partial charge on any atom is 0.0241 e. The molecule has 2 nitrogen and oxygen atoms in total. The molecule has 0 radical (unpaired) electrons. The number of rotatable bonds is 3. The molecule has 0 aliphatic carbocycles. The summed E-state index contributed by atoms with van der Waals surface area (Å²) in [6, 6.07) is 0.588.